The number of nitrogens with one attached hydrogen (secondary N) is 1. The van der Waals surface area contributed by atoms with Gasteiger partial charge >= 0.3 is 0 Å². The number of benzene rings is 1. The molecule has 0 atom stereocenters. The van der Waals surface area contributed by atoms with Gasteiger partial charge in [0.1, 0.15) is 12.2 Å². The minimum atomic E-state index is -3.95. The largest absolute Gasteiger partial charge is 0.328 e. The Hall–Kier alpha value is -2.67. The number of hydrogen-bond acceptors (Lipinski definition) is 7. The summed E-state index contributed by atoms with van der Waals surface area (Å²) in [4.78, 5) is 28.6. The van der Waals surface area contributed by atoms with Gasteiger partial charge in [-0.05, 0) is 6.07 Å². The molecular weight excluding hydrogens is 418 g/mol. The van der Waals surface area contributed by atoms with Crippen LogP contribution in [0.25, 0.3) is 4.96 Å². The Balaban J connectivity index is 1.47. The Kier molecular flexibility index (Phi) is 5.17. The van der Waals surface area contributed by atoms with Crippen LogP contribution in [0.3, 0.4) is 0 Å². The summed E-state index contributed by atoms with van der Waals surface area (Å²) in [5.74, 6) is 0. The number of sulfonamides is 1. The van der Waals surface area contributed by atoms with Crippen LogP contribution < -0.4 is 10.5 Å². The molecule has 0 bridgehead atoms. The number of fused-ring (bicyclic) bond motifs is 1. The molecule has 4 rings (SSSR count). The number of quaternary nitrogens is 1. The van der Waals surface area contributed by atoms with Crippen molar-refractivity contribution in [1.29, 1.82) is 0 Å². The second kappa shape index (κ2) is 7.63. The van der Waals surface area contributed by atoms with Gasteiger partial charge in [0, 0.05) is 23.7 Å². The van der Waals surface area contributed by atoms with Crippen molar-refractivity contribution < 1.29 is 18.2 Å². The van der Waals surface area contributed by atoms with Crippen LogP contribution >= 0.6 is 11.3 Å². The zero-order valence-corrected chi connectivity index (χ0v) is 16.9. The minimum Gasteiger partial charge on any atom is -0.328 e. The first-order chi connectivity index (χ1) is 13.9. The molecular formula is C17H18N5O5S2+. The zero-order chi connectivity index (χ0) is 20.6. The van der Waals surface area contributed by atoms with Crippen molar-refractivity contribution in [2.45, 2.75) is 11.4 Å². The summed E-state index contributed by atoms with van der Waals surface area (Å²) in [6, 6.07) is 6.88. The Labute approximate surface area is 169 Å². The van der Waals surface area contributed by atoms with Gasteiger partial charge in [0.2, 0.25) is 10.0 Å². The molecule has 0 aliphatic carbocycles. The number of nitrogens with zero attached hydrogens (tertiary/aromatic N) is 4. The van der Waals surface area contributed by atoms with Gasteiger partial charge in [-0.1, -0.05) is 12.1 Å². The van der Waals surface area contributed by atoms with Crippen LogP contribution in [0.2, 0.25) is 0 Å². The number of piperazine rings is 1. The third-order valence-corrected chi connectivity index (χ3v) is 7.60. The first-order valence-electron chi connectivity index (χ1n) is 8.89. The van der Waals surface area contributed by atoms with Crippen molar-refractivity contribution in [3.63, 3.8) is 0 Å². The van der Waals surface area contributed by atoms with E-state index in [2.05, 4.69) is 4.98 Å². The number of para-hydroxylation sites is 1. The Morgan fingerprint density at radius 1 is 1.24 bits per heavy atom. The van der Waals surface area contributed by atoms with Crippen molar-refractivity contribution in [2.24, 2.45) is 0 Å². The monoisotopic (exact) mass is 436 g/mol. The van der Waals surface area contributed by atoms with Crippen LogP contribution in [0.15, 0.2) is 51.6 Å². The molecule has 0 saturated carbocycles. The molecule has 1 fully saturated rings. The lowest BCUT2D eigenvalue weighted by Gasteiger charge is -2.31. The standard InChI is InChI=1S/C17H17N5O5S2/c23-16-11-13(18-17-21(16)9-10-28-17)12-19-5-7-20(8-6-19)29(26,27)15-4-2-1-3-14(15)22(24)25/h1-4,9-11H,5-8,12H2/p+1. The number of rotatable bonds is 5. The zero-order valence-electron chi connectivity index (χ0n) is 15.2. The number of nitro groups is 1. The Bertz CT molecular complexity index is 1230. The van der Waals surface area contributed by atoms with Crippen LogP contribution in [0.1, 0.15) is 5.69 Å². The third kappa shape index (κ3) is 3.79. The summed E-state index contributed by atoms with van der Waals surface area (Å²) in [5, 5.41) is 13.0. The normalized spacial score (nSPS) is 16.3. The van der Waals surface area contributed by atoms with Crippen molar-refractivity contribution in [1.82, 2.24) is 13.7 Å². The minimum absolute atomic E-state index is 0.136. The molecule has 1 aromatic carbocycles. The summed E-state index contributed by atoms with van der Waals surface area (Å²) in [5.41, 5.74) is 0.113. The van der Waals surface area contributed by atoms with Crippen molar-refractivity contribution in [3.8, 4) is 0 Å². The molecule has 1 N–H and O–H groups in total. The fourth-order valence-corrected chi connectivity index (χ4v) is 5.76. The predicted molar refractivity (Wildman–Crippen MR) is 106 cm³/mol. The van der Waals surface area contributed by atoms with Gasteiger partial charge in [0.15, 0.2) is 9.86 Å². The highest BCUT2D eigenvalue weighted by atomic mass is 32.2. The fourth-order valence-electron chi connectivity index (χ4n) is 3.42. The molecule has 0 radical (unpaired) electrons. The Morgan fingerprint density at radius 3 is 2.69 bits per heavy atom. The highest BCUT2D eigenvalue weighted by molar-refractivity contribution is 7.89. The van der Waals surface area contributed by atoms with Gasteiger partial charge in [-0.15, -0.1) is 11.3 Å². The topological polar surface area (TPSA) is 119 Å². The molecule has 12 heteroatoms. The first-order valence-corrected chi connectivity index (χ1v) is 11.2. The average Bonchev–Trinajstić information content (AvgIpc) is 3.17. The molecule has 10 nitrogen and oxygen atoms in total. The molecule has 3 aromatic rings. The van der Waals surface area contributed by atoms with Gasteiger partial charge < -0.3 is 4.90 Å². The van der Waals surface area contributed by atoms with E-state index in [4.69, 9.17) is 0 Å². The maximum absolute atomic E-state index is 12.9. The first kappa shape index (κ1) is 19.6. The lowest BCUT2D eigenvalue weighted by Crippen LogP contribution is -3.13. The summed E-state index contributed by atoms with van der Waals surface area (Å²) in [6.07, 6.45) is 1.68. The highest BCUT2D eigenvalue weighted by Crippen LogP contribution is 2.26. The molecule has 1 saturated heterocycles. The van der Waals surface area contributed by atoms with E-state index in [1.807, 2.05) is 0 Å². The summed E-state index contributed by atoms with van der Waals surface area (Å²) in [6.45, 7) is 2.04. The van der Waals surface area contributed by atoms with E-state index >= 15 is 0 Å². The van der Waals surface area contributed by atoms with Gasteiger partial charge in [-0.3, -0.25) is 19.3 Å². The van der Waals surface area contributed by atoms with Crippen LogP contribution in [-0.4, -0.2) is 53.2 Å². The smallest absolute Gasteiger partial charge is 0.289 e. The molecule has 0 spiro atoms. The van der Waals surface area contributed by atoms with Gasteiger partial charge in [-0.2, -0.15) is 4.31 Å². The summed E-state index contributed by atoms with van der Waals surface area (Å²) >= 11 is 1.38. The predicted octanol–water partition coefficient (Wildman–Crippen LogP) is -0.246. The second-order valence-corrected chi connectivity index (χ2v) is 9.48. The van der Waals surface area contributed by atoms with E-state index in [-0.39, 0.29) is 23.5 Å². The quantitative estimate of drug-likeness (QED) is 0.435. The lowest BCUT2D eigenvalue weighted by molar-refractivity contribution is -0.917. The molecule has 29 heavy (non-hydrogen) atoms. The van der Waals surface area contributed by atoms with E-state index < -0.39 is 20.6 Å². The molecule has 0 amide bonds. The molecule has 0 unspecified atom stereocenters. The fraction of sp³-hybridized carbons (Fsp3) is 0.294. The average molecular weight is 436 g/mol. The Morgan fingerprint density at radius 2 is 1.97 bits per heavy atom. The van der Waals surface area contributed by atoms with Crippen LogP contribution in [0.5, 0.6) is 0 Å². The maximum atomic E-state index is 12.9. The number of nitro benzene ring substituents is 1. The molecule has 2 aromatic heterocycles. The molecule has 152 valence electrons. The maximum Gasteiger partial charge on any atom is 0.289 e. The van der Waals surface area contributed by atoms with Crippen LogP contribution in [-0.2, 0) is 16.6 Å². The van der Waals surface area contributed by atoms with E-state index in [9.17, 15) is 23.3 Å². The molecule has 1 aliphatic heterocycles. The van der Waals surface area contributed by atoms with E-state index in [1.54, 1.807) is 11.6 Å². The van der Waals surface area contributed by atoms with E-state index in [0.717, 1.165) is 4.90 Å². The summed E-state index contributed by atoms with van der Waals surface area (Å²) in [7, 11) is -3.95. The van der Waals surface area contributed by atoms with Crippen LogP contribution in [0.4, 0.5) is 5.69 Å². The van der Waals surface area contributed by atoms with E-state index in [1.165, 1.54) is 50.4 Å². The number of aromatic nitrogens is 2. The highest BCUT2D eigenvalue weighted by Gasteiger charge is 2.34. The molecule has 1 aliphatic rings. The van der Waals surface area contributed by atoms with Crippen molar-refractivity contribution in [3.05, 3.63) is 68.1 Å². The van der Waals surface area contributed by atoms with Gasteiger partial charge in [0.05, 0.1) is 31.1 Å². The SMILES string of the molecule is O=c1cc(C[NH+]2CCN(S(=O)(=O)c3ccccc3[N+](=O)[O-])CC2)nc2sccn12. The van der Waals surface area contributed by atoms with Crippen LogP contribution in [0, 0.1) is 10.1 Å². The van der Waals surface area contributed by atoms with Crippen molar-refractivity contribution >= 4 is 32.0 Å². The molecule has 3 heterocycles. The van der Waals surface area contributed by atoms with Gasteiger partial charge in [0.25, 0.3) is 11.2 Å². The van der Waals surface area contributed by atoms with E-state index in [0.29, 0.717) is 30.3 Å². The number of thiazole rings is 1. The summed E-state index contributed by atoms with van der Waals surface area (Å²) < 4.78 is 28.6. The number of hydrogen-bond donors (Lipinski definition) is 1. The third-order valence-electron chi connectivity index (χ3n) is 4.90. The second-order valence-electron chi connectivity index (χ2n) is 6.70. The van der Waals surface area contributed by atoms with Gasteiger partial charge in [-0.25, -0.2) is 13.4 Å². The lowest BCUT2D eigenvalue weighted by atomic mass is 10.3. The van der Waals surface area contributed by atoms with Crippen molar-refractivity contribution in [2.75, 3.05) is 26.2 Å².